The molecule has 1 aliphatic carbocycles. The fraction of sp³-hybridized carbons (Fsp3) is 0.0714. The Labute approximate surface area is 213 Å². The summed E-state index contributed by atoms with van der Waals surface area (Å²) >= 11 is 0. The van der Waals surface area contributed by atoms with Crippen molar-refractivity contribution in [3.8, 4) is 5.75 Å². The van der Waals surface area contributed by atoms with Crippen LogP contribution in [0.5, 0.6) is 5.75 Å². The first-order valence-corrected chi connectivity index (χ1v) is 14.2. The number of rotatable bonds is 9. The van der Waals surface area contributed by atoms with Gasteiger partial charge in [0.05, 0.1) is 0 Å². The molecule has 0 saturated heterocycles. The first kappa shape index (κ1) is 22.7. The number of allylic oxidation sites excluding steroid dienone is 3. The number of hydrogen-bond acceptors (Lipinski definition) is 2. The number of benzene rings is 1. The van der Waals surface area contributed by atoms with Gasteiger partial charge in [0.15, 0.2) is 0 Å². The van der Waals surface area contributed by atoms with Gasteiger partial charge in [-0.25, -0.2) is 0 Å². The SMILES string of the molecule is C1=C(OP(n2cccc2)n2cccc2)C(c2ccccc2OP(n2cccc2)n2cccc2)=CCC1. The van der Waals surface area contributed by atoms with Gasteiger partial charge in [0, 0.05) is 60.7 Å². The van der Waals surface area contributed by atoms with Crippen molar-refractivity contribution in [3.05, 3.63) is 146 Å². The molecule has 4 aromatic heterocycles. The van der Waals surface area contributed by atoms with Crippen LogP contribution in [0.2, 0.25) is 0 Å². The molecule has 1 aliphatic rings. The highest BCUT2D eigenvalue weighted by Gasteiger charge is 2.25. The monoisotopic (exact) mass is 512 g/mol. The van der Waals surface area contributed by atoms with Crippen LogP contribution in [0, 0.1) is 0 Å². The minimum atomic E-state index is -1.14. The van der Waals surface area contributed by atoms with E-state index >= 15 is 0 Å². The van der Waals surface area contributed by atoms with Gasteiger partial charge in [-0.05, 0) is 73.5 Å². The van der Waals surface area contributed by atoms with Crippen molar-refractivity contribution in [2.24, 2.45) is 0 Å². The lowest BCUT2D eigenvalue weighted by molar-refractivity contribution is 0.476. The third-order valence-corrected chi connectivity index (χ3v) is 9.16. The fourth-order valence-electron chi connectivity index (χ4n) is 4.11. The summed E-state index contributed by atoms with van der Waals surface area (Å²) in [7, 11) is -2.26. The second-order valence-electron chi connectivity index (χ2n) is 8.20. The maximum Gasteiger partial charge on any atom is 0.317 e. The Morgan fingerprint density at radius 3 is 1.47 bits per heavy atom. The second kappa shape index (κ2) is 10.5. The molecule has 1 aromatic carbocycles. The minimum absolute atomic E-state index is 0.833. The molecular formula is C28H26N4O2P2. The van der Waals surface area contributed by atoms with Crippen LogP contribution in [0.3, 0.4) is 0 Å². The molecule has 4 heterocycles. The summed E-state index contributed by atoms with van der Waals surface area (Å²) in [5.74, 6) is 1.72. The molecule has 0 atom stereocenters. The van der Waals surface area contributed by atoms with Crippen molar-refractivity contribution in [3.63, 3.8) is 0 Å². The fourth-order valence-corrected chi connectivity index (χ4v) is 7.18. The summed E-state index contributed by atoms with van der Waals surface area (Å²) in [6, 6.07) is 24.5. The molecule has 0 bridgehead atoms. The van der Waals surface area contributed by atoms with Crippen molar-refractivity contribution >= 4 is 22.5 Å². The maximum absolute atomic E-state index is 6.77. The Morgan fingerprint density at radius 1 is 0.500 bits per heavy atom. The highest BCUT2D eigenvalue weighted by atomic mass is 31.2. The molecule has 36 heavy (non-hydrogen) atoms. The zero-order valence-corrected chi connectivity index (χ0v) is 21.4. The first-order valence-electron chi connectivity index (χ1n) is 11.9. The van der Waals surface area contributed by atoms with E-state index in [4.69, 9.17) is 9.05 Å². The summed E-state index contributed by atoms with van der Waals surface area (Å²) in [5, 5.41) is 0. The Balaban J connectivity index is 1.34. The van der Waals surface area contributed by atoms with E-state index in [1.807, 2.05) is 85.5 Å². The van der Waals surface area contributed by atoms with E-state index in [0.717, 1.165) is 35.5 Å². The second-order valence-corrected chi connectivity index (χ2v) is 11.4. The van der Waals surface area contributed by atoms with Gasteiger partial charge in [-0.2, -0.15) is 0 Å². The smallest absolute Gasteiger partial charge is 0.317 e. The topological polar surface area (TPSA) is 38.2 Å². The number of aromatic nitrogens is 4. The normalized spacial score (nSPS) is 13.6. The molecule has 6 nitrogen and oxygen atoms in total. The van der Waals surface area contributed by atoms with Gasteiger partial charge in [-0.1, -0.05) is 24.3 Å². The van der Waals surface area contributed by atoms with E-state index in [2.05, 4.69) is 66.4 Å². The molecule has 0 amide bonds. The largest absolute Gasteiger partial charge is 0.436 e. The van der Waals surface area contributed by atoms with E-state index in [0.29, 0.717) is 0 Å². The van der Waals surface area contributed by atoms with Crippen LogP contribution < -0.4 is 4.52 Å². The van der Waals surface area contributed by atoms with E-state index in [1.165, 1.54) is 0 Å². The van der Waals surface area contributed by atoms with Crippen molar-refractivity contribution in [2.75, 3.05) is 0 Å². The molecule has 0 saturated carbocycles. The van der Waals surface area contributed by atoms with E-state index in [-0.39, 0.29) is 0 Å². The molecule has 8 heteroatoms. The number of hydrogen-bond donors (Lipinski definition) is 0. The Hall–Kier alpha value is -3.72. The van der Waals surface area contributed by atoms with Crippen molar-refractivity contribution in [2.45, 2.75) is 12.8 Å². The van der Waals surface area contributed by atoms with Crippen LogP contribution in [0.4, 0.5) is 0 Å². The average Bonchev–Trinajstić information content (AvgIpc) is 3.74. The van der Waals surface area contributed by atoms with E-state index in [1.54, 1.807) is 0 Å². The lowest BCUT2D eigenvalue weighted by Crippen LogP contribution is -2.07. The molecule has 0 radical (unpaired) electrons. The molecule has 0 aliphatic heterocycles. The summed E-state index contributed by atoms with van der Waals surface area (Å²) < 4.78 is 22.0. The zero-order valence-electron chi connectivity index (χ0n) is 19.6. The van der Waals surface area contributed by atoms with Crippen molar-refractivity contribution in [1.82, 2.24) is 17.4 Å². The third kappa shape index (κ3) is 4.70. The Kier molecular flexibility index (Phi) is 6.62. The van der Waals surface area contributed by atoms with Crippen LogP contribution in [-0.2, 0) is 4.52 Å². The van der Waals surface area contributed by atoms with Gasteiger partial charge < -0.3 is 9.05 Å². The van der Waals surface area contributed by atoms with Gasteiger partial charge in [-0.3, -0.25) is 17.4 Å². The summed E-state index contributed by atoms with van der Waals surface area (Å²) in [6.07, 6.45) is 22.8. The quantitative estimate of drug-likeness (QED) is 0.188. The first-order chi connectivity index (χ1) is 17.9. The summed E-state index contributed by atoms with van der Waals surface area (Å²) in [4.78, 5) is 0. The van der Waals surface area contributed by atoms with Crippen LogP contribution >= 0.6 is 16.9 Å². The maximum atomic E-state index is 6.77. The van der Waals surface area contributed by atoms with Crippen molar-refractivity contribution < 1.29 is 9.05 Å². The lowest BCUT2D eigenvalue weighted by Gasteiger charge is -2.26. The van der Waals surface area contributed by atoms with Crippen LogP contribution in [-0.4, -0.2) is 17.4 Å². The molecule has 0 fully saturated rings. The lowest BCUT2D eigenvalue weighted by atomic mass is 9.97. The predicted molar refractivity (Wildman–Crippen MR) is 147 cm³/mol. The minimum Gasteiger partial charge on any atom is -0.436 e. The number of nitrogens with zero attached hydrogens (tertiary/aromatic N) is 4. The Morgan fingerprint density at radius 2 is 0.944 bits per heavy atom. The molecule has 0 N–H and O–H groups in total. The molecule has 5 aromatic rings. The van der Waals surface area contributed by atoms with Crippen LogP contribution in [0.1, 0.15) is 18.4 Å². The third-order valence-electron chi connectivity index (χ3n) is 5.79. The van der Waals surface area contributed by atoms with Crippen molar-refractivity contribution in [1.29, 1.82) is 0 Å². The molecular weight excluding hydrogens is 486 g/mol. The van der Waals surface area contributed by atoms with Crippen LogP contribution in [0.25, 0.3) is 5.57 Å². The molecule has 0 spiro atoms. The van der Waals surface area contributed by atoms with Gasteiger partial charge in [-0.15, -0.1) is 0 Å². The van der Waals surface area contributed by atoms with Gasteiger partial charge in [0.1, 0.15) is 11.5 Å². The van der Waals surface area contributed by atoms with Gasteiger partial charge in [0.25, 0.3) is 0 Å². The van der Waals surface area contributed by atoms with E-state index < -0.39 is 16.9 Å². The molecule has 6 rings (SSSR count). The van der Waals surface area contributed by atoms with E-state index in [9.17, 15) is 0 Å². The van der Waals surface area contributed by atoms with Gasteiger partial charge >= 0.3 is 16.9 Å². The predicted octanol–water partition coefficient (Wildman–Crippen LogP) is 8.00. The van der Waals surface area contributed by atoms with Gasteiger partial charge in [0.2, 0.25) is 0 Å². The molecule has 0 unspecified atom stereocenters. The zero-order chi connectivity index (χ0) is 24.2. The highest BCUT2D eigenvalue weighted by Crippen LogP contribution is 2.49. The highest BCUT2D eigenvalue weighted by molar-refractivity contribution is 7.49. The average molecular weight is 512 g/mol. The number of para-hydroxylation sites is 1. The summed E-state index contributed by atoms with van der Waals surface area (Å²) in [5.41, 5.74) is 2.10. The van der Waals surface area contributed by atoms with Crippen LogP contribution in [0.15, 0.2) is 140 Å². The Bertz CT molecular complexity index is 1370. The summed E-state index contributed by atoms with van der Waals surface area (Å²) in [6.45, 7) is 0. The standard InChI is InChI=1S/C28H26N4O2P2/c1-3-15-27(33-35(29-17-5-6-18-29)30-19-7-8-20-30)25(13-1)26-14-2-4-16-28(26)34-36(31-21-9-10-22-31)32-23-11-12-24-32/h1,3,5-24H,2,4H2. The molecule has 180 valence electrons.